The molecule has 0 aliphatic heterocycles. The zero-order valence-electron chi connectivity index (χ0n) is 21.0. The number of rotatable bonds is 9. The highest BCUT2D eigenvalue weighted by molar-refractivity contribution is 6.12. The van der Waals surface area contributed by atoms with Gasteiger partial charge in [0.2, 0.25) is 0 Å². The van der Waals surface area contributed by atoms with Gasteiger partial charge in [-0.1, -0.05) is 54.6 Å². The van der Waals surface area contributed by atoms with Crippen molar-refractivity contribution in [2.45, 2.75) is 6.42 Å². The number of methoxy groups -OCH3 is 2. The number of allylic oxidation sites excluding steroid dienone is 1. The maximum atomic E-state index is 13.6. The van der Waals surface area contributed by atoms with Gasteiger partial charge in [0.05, 0.1) is 25.3 Å². The molecule has 4 rings (SSSR count). The lowest BCUT2D eigenvalue weighted by molar-refractivity contribution is 0.0555. The summed E-state index contributed by atoms with van der Waals surface area (Å²) in [6.45, 7) is 0. The number of Topliss-reactive ketones (excluding diaryl/α,β-unsaturated/α-hetero) is 1. The van der Waals surface area contributed by atoms with Crippen LogP contribution in [0.1, 0.15) is 42.2 Å². The molecule has 38 heavy (non-hydrogen) atoms. The van der Waals surface area contributed by atoms with E-state index in [9.17, 15) is 14.4 Å². The molecule has 0 heterocycles. The Labute approximate surface area is 221 Å². The molecule has 190 valence electrons. The Morgan fingerprint density at radius 3 is 1.87 bits per heavy atom. The van der Waals surface area contributed by atoms with Gasteiger partial charge in [0.25, 0.3) is 0 Å². The minimum absolute atomic E-state index is 0.0574. The zero-order valence-corrected chi connectivity index (χ0v) is 21.0. The highest BCUT2D eigenvalue weighted by Gasteiger charge is 2.20. The molecule has 0 aliphatic carbocycles. The highest BCUT2D eigenvalue weighted by atomic mass is 16.5. The molecule has 0 N–H and O–H groups in total. The maximum Gasteiger partial charge on any atom is 0.338 e. The topological polar surface area (TPSA) is 78.9 Å². The van der Waals surface area contributed by atoms with Crippen LogP contribution in [0.2, 0.25) is 0 Å². The SMILES string of the molecule is COC(=O)c1ccc(C=C(Cc2ccccc2)C(=O)c2ccc(Oc3ccccc3)cc2)cc1C(=O)OC. The summed E-state index contributed by atoms with van der Waals surface area (Å²) in [6.07, 6.45) is 2.09. The first-order valence-corrected chi connectivity index (χ1v) is 11.9. The molecule has 0 aromatic heterocycles. The summed E-state index contributed by atoms with van der Waals surface area (Å²) in [5.41, 5.74) is 2.67. The summed E-state index contributed by atoms with van der Waals surface area (Å²) in [5.74, 6) is -0.183. The van der Waals surface area contributed by atoms with Crippen LogP contribution in [0.25, 0.3) is 6.08 Å². The molecule has 6 nitrogen and oxygen atoms in total. The number of hydrogen-bond acceptors (Lipinski definition) is 6. The van der Waals surface area contributed by atoms with Crippen molar-refractivity contribution in [3.8, 4) is 11.5 Å². The fraction of sp³-hybridized carbons (Fsp3) is 0.0938. The van der Waals surface area contributed by atoms with Crippen LogP contribution in [0, 0.1) is 0 Å². The Hall–Kier alpha value is -4.97. The molecule has 0 bridgehead atoms. The van der Waals surface area contributed by atoms with Crippen molar-refractivity contribution < 1.29 is 28.6 Å². The van der Waals surface area contributed by atoms with Crippen molar-refractivity contribution in [2.75, 3.05) is 14.2 Å². The highest BCUT2D eigenvalue weighted by Crippen LogP contribution is 2.24. The van der Waals surface area contributed by atoms with Gasteiger partial charge in [0, 0.05) is 17.6 Å². The van der Waals surface area contributed by atoms with Gasteiger partial charge in [-0.15, -0.1) is 0 Å². The zero-order chi connectivity index (χ0) is 26.9. The summed E-state index contributed by atoms with van der Waals surface area (Å²) < 4.78 is 15.5. The molecule has 0 aliphatic rings. The third-order valence-corrected chi connectivity index (χ3v) is 5.82. The number of carbonyl (C=O) groups excluding carboxylic acids is 3. The molecule has 0 fully saturated rings. The van der Waals surface area contributed by atoms with Crippen molar-refractivity contribution in [3.63, 3.8) is 0 Å². The van der Waals surface area contributed by atoms with Gasteiger partial charge in [-0.25, -0.2) is 9.59 Å². The van der Waals surface area contributed by atoms with Crippen LogP contribution in [0.5, 0.6) is 11.5 Å². The Kier molecular flexibility index (Phi) is 8.46. The van der Waals surface area contributed by atoms with E-state index >= 15 is 0 Å². The Bertz CT molecular complexity index is 1460. The van der Waals surface area contributed by atoms with Crippen molar-refractivity contribution in [1.29, 1.82) is 0 Å². The first-order chi connectivity index (χ1) is 18.5. The maximum absolute atomic E-state index is 13.6. The van der Waals surface area contributed by atoms with Crippen molar-refractivity contribution >= 4 is 23.8 Å². The number of ketones is 1. The largest absolute Gasteiger partial charge is 0.465 e. The third-order valence-electron chi connectivity index (χ3n) is 5.82. The molecular weight excluding hydrogens is 480 g/mol. The number of carbonyl (C=O) groups is 3. The minimum Gasteiger partial charge on any atom is -0.465 e. The lowest BCUT2D eigenvalue weighted by atomic mass is 9.94. The second-order valence-corrected chi connectivity index (χ2v) is 8.39. The number of esters is 2. The Morgan fingerprint density at radius 2 is 1.24 bits per heavy atom. The average Bonchev–Trinajstić information content (AvgIpc) is 2.97. The lowest BCUT2D eigenvalue weighted by Crippen LogP contribution is -2.12. The van der Waals surface area contributed by atoms with E-state index in [0.29, 0.717) is 34.6 Å². The molecule has 0 radical (unpaired) electrons. The van der Waals surface area contributed by atoms with Gasteiger partial charge in [-0.2, -0.15) is 0 Å². The number of para-hydroxylation sites is 1. The summed E-state index contributed by atoms with van der Waals surface area (Å²) in [6, 6.07) is 30.6. The average molecular weight is 507 g/mol. The fourth-order valence-corrected chi connectivity index (χ4v) is 3.92. The van der Waals surface area contributed by atoms with Gasteiger partial charge in [-0.05, 0) is 65.7 Å². The third kappa shape index (κ3) is 6.42. The standard InChI is InChI=1S/C32H26O6/c1-36-31(34)28-18-13-23(21-29(28)32(35)37-2)20-25(19-22-9-5-3-6-10-22)30(33)24-14-16-27(17-15-24)38-26-11-7-4-8-12-26/h3-18,20-21H,19H2,1-2H3. The molecule has 4 aromatic rings. The number of benzene rings is 4. The van der Waals surface area contributed by atoms with E-state index in [2.05, 4.69) is 0 Å². The van der Waals surface area contributed by atoms with E-state index < -0.39 is 11.9 Å². The number of hydrogen-bond donors (Lipinski definition) is 0. The van der Waals surface area contributed by atoms with Crippen molar-refractivity contribution in [2.24, 2.45) is 0 Å². The molecule has 0 amide bonds. The predicted molar refractivity (Wildman–Crippen MR) is 145 cm³/mol. The van der Waals surface area contributed by atoms with Crippen LogP contribution < -0.4 is 4.74 Å². The number of ether oxygens (including phenoxy) is 3. The Balaban J connectivity index is 1.68. The molecule has 0 unspecified atom stereocenters. The summed E-state index contributed by atoms with van der Waals surface area (Å²) in [7, 11) is 2.48. The molecule has 0 saturated carbocycles. The van der Waals surface area contributed by atoms with E-state index in [-0.39, 0.29) is 16.9 Å². The second kappa shape index (κ2) is 12.3. The smallest absolute Gasteiger partial charge is 0.338 e. The van der Waals surface area contributed by atoms with Crippen LogP contribution in [0.3, 0.4) is 0 Å². The van der Waals surface area contributed by atoms with Gasteiger partial charge in [0.1, 0.15) is 11.5 Å². The van der Waals surface area contributed by atoms with Crippen molar-refractivity contribution in [3.05, 3.63) is 137 Å². The van der Waals surface area contributed by atoms with Crippen LogP contribution >= 0.6 is 0 Å². The van der Waals surface area contributed by atoms with Gasteiger partial charge >= 0.3 is 11.9 Å². The molecule has 6 heteroatoms. The second-order valence-electron chi connectivity index (χ2n) is 8.39. The first-order valence-electron chi connectivity index (χ1n) is 11.9. The van der Waals surface area contributed by atoms with Gasteiger partial charge < -0.3 is 14.2 Å². The lowest BCUT2D eigenvalue weighted by Gasteiger charge is -2.11. The van der Waals surface area contributed by atoms with Crippen LogP contribution in [-0.2, 0) is 15.9 Å². The molecule has 0 saturated heterocycles. The molecule has 0 spiro atoms. The summed E-state index contributed by atoms with van der Waals surface area (Å²) >= 11 is 0. The molecular formula is C32H26O6. The van der Waals surface area contributed by atoms with E-state index in [1.165, 1.54) is 26.4 Å². The van der Waals surface area contributed by atoms with Gasteiger partial charge in [-0.3, -0.25) is 4.79 Å². The van der Waals surface area contributed by atoms with E-state index in [1.807, 2.05) is 60.7 Å². The monoisotopic (exact) mass is 506 g/mol. The summed E-state index contributed by atoms with van der Waals surface area (Å²) in [4.78, 5) is 38.2. The quantitative estimate of drug-likeness (QED) is 0.145. The van der Waals surface area contributed by atoms with E-state index in [1.54, 1.807) is 36.4 Å². The fourth-order valence-electron chi connectivity index (χ4n) is 3.92. The minimum atomic E-state index is -0.675. The molecule has 0 atom stereocenters. The van der Waals surface area contributed by atoms with E-state index in [4.69, 9.17) is 14.2 Å². The van der Waals surface area contributed by atoms with Gasteiger partial charge in [0.15, 0.2) is 5.78 Å². The first kappa shape index (κ1) is 26.1. The van der Waals surface area contributed by atoms with Crippen molar-refractivity contribution in [1.82, 2.24) is 0 Å². The summed E-state index contributed by atoms with van der Waals surface area (Å²) in [5, 5.41) is 0. The van der Waals surface area contributed by atoms with Crippen LogP contribution in [0.15, 0.2) is 109 Å². The normalized spacial score (nSPS) is 10.9. The Morgan fingerprint density at radius 1 is 0.658 bits per heavy atom. The van der Waals surface area contributed by atoms with Crippen LogP contribution in [-0.4, -0.2) is 31.9 Å². The van der Waals surface area contributed by atoms with Crippen LogP contribution in [0.4, 0.5) is 0 Å². The molecule has 4 aromatic carbocycles. The van der Waals surface area contributed by atoms with E-state index in [0.717, 1.165) is 5.56 Å². The predicted octanol–water partition coefficient (Wildman–Crippen LogP) is 6.56.